The Hall–Kier alpha value is -0.570. The summed E-state index contributed by atoms with van der Waals surface area (Å²) in [6, 6.07) is 0. The molecule has 0 bridgehead atoms. The molecule has 0 aromatic carbocycles. The second-order valence-electron chi connectivity index (χ2n) is 3.11. The molecule has 0 saturated carbocycles. The zero-order valence-electron chi connectivity index (χ0n) is 8.77. The molecular formula is C10H22O3. The predicted molar refractivity (Wildman–Crippen MR) is 53.6 cm³/mol. The molecule has 0 rings (SSSR count). The van der Waals surface area contributed by atoms with Crippen LogP contribution in [0.5, 0.6) is 0 Å². The minimum Gasteiger partial charge on any atom is -0.466 e. The number of carbonyl (C=O) groups excluding carboxylic acids is 1. The van der Waals surface area contributed by atoms with Crippen LogP contribution in [-0.2, 0) is 9.53 Å². The van der Waals surface area contributed by atoms with Gasteiger partial charge in [0, 0.05) is 6.92 Å². The number of rotatable bonds is 7. The average Bonchev–Trinajstić information content (AvgIpc) is 2.02. The van der Waals surface area contributed by atoms with Crippen LogP contribution in [0.1, 0.15) is 52.4 Å². The number of carbonyl (C=O) groups is 1. The van der Waals surface area contributed by atoms with Crippen LogP contribution in [0.15, 0.2) is 0 Å². The lowest BCUT2D eigenvalue weighted by Crippen LogP contribution is -1.99. The molecule has 0 saturated heterocycles. The molecule has 3 heteroatoms. The van der Waals surface area contributed by atoms with Gasteiger partial charge in [-0.15, -0.1) is 0 Å². The molecule has 0 amide bonds. The Balaban J connectivity index is 0. The van der Waals surface area contributed by atoms with Crippen LogP contribution in [0.3, 0.4) is 0 Å². The minimum atomic E-state index is -0.163. The lowest BCUT2D eigenvalue weighted by atomic mass is 10.1. The van der Waals surface area contributed by atoms with E-state index in [9.17, 15) is 4.79 Å². The summed E-state index contributed by atoms with van der Waals surface area (Å²) in [5.74, 6) is -0.163. The highest BCUT2D eigenvalue weighted by molar-refractivity contribution is 5.65. The molecule has 3 nitrogen and oxygen atoms in total. The molecule has 0 aliphatic rings. The smallest absolute Gasteiger partial charge is 0.302 e. The van der Waals surface area contributed by atoms with Crippen molar-refractivity contribution in [2.45, 2.75) is 52.4 Å². The second-order valence-corrected chi connectivity index (χ2v) is 3.11. The maximum absolute atomic E-state index is 10.4. The number of hydrogen-bond acceptors (Lipinski definition) is 2. The molecule has 0 spiro atoms. The molecule has 0 aliphatic heterocycles. The molecule has 80 valence electrons. The van der Waals surface area contributed by atoms with Crippen molar-refractivity contribution in [3.05, 3.63) is 0 Å². The van der Waals surface area contributed by atoms with Gasteiger partial charge in [-0.05, 0) is 6.42 Å². The summed E-state index contributed by atoms with van der Waals surface area (Å²) in [4.78, 5) is 10.4. The summed E-state index contributed by atoms with van der Waals surface area (Å²) < 4.78 is 4.81. The third-order valence-electron chi connectivity index (χ3n) is 1.80. The molecule has 0 aromatic heterocycles. The van der Waals surface area contributed by atoms with E-state index >= 15 is 0 Å². The van der Waals surface area contributed by atoms with Crippen molar-refractivity contribution in [2.75, 3.05) is 6.61 Å². The maximum Gasteiger partial charge on any atom is 0.302 e. The molecule has 0 aromatic rings. The van der Waals surface area contributed by atoms with Gasteiger partial charge >= 0.3 is 5.97 Å². The van der Waals surface area contributed by atoms with Crippen molar-refractivity contribution in [3.63, 3.8) is 0 Å². The largest absolute Gasteiger partial charge is 0.466 e. The van der Waals surface area contributed by atoms with E-state index in [0.717, 1.165) is 6.42 Å². The molecule has 0 fully saturated rings. The van der Waals surface area contributed by atoms with Gasteiger partial charge in [-0.1, -0.05) is 39.0 Å². The lowest BCUT2D eigenvalue weighted by Gasteiger charge is -2.01. The Kier molecular flexibility index (Phi) is 13.1. The Morgan fingerprint density at radius 3 is 2.15 bits per heavy atom. The topological polar surface area (TPSA) is 57.8 Å². The first-order valence-electron chi connectivity index (χ1n) is 4.90. The SMILES string of the molecule is CCCCCCCCOC(C)=O.O. The monoisotopic (exact) mass is 190 g/mol. The summed E-state index contributed by atoms with van der Waals surface area (Å²) in [7, 11) is 0. The molecule has 13 heavy (non-hydrogen) atoms. The van der Waals surface area contributed by atoms with E-state index in [1.54, 1.807) is 0 Å². The lowest BCUT2D eigenvalue weighted by molar-refractivity contribution is -0.141. The highest BCUT2D eigenvalue weighted by atomic mass is 16.5. The Bertz CT molecular complexity index is 113. The van der Waals surface area contributed by atoms with E-state index in [2.05, 4.69) is 6.92 Å². The minimum absolute atomic E-state index is 0. The van der Waals surface area contributed by atoms with Crippen molar-refractivity contribution in [1.29, 1.82) is 0 Å². The van der Waals surface area contributed by atoms with Crippen LogP contribution in [-0.4, -0.2) is 18.1 Å². The van der Waals surface area contributed by atoms with Gasteiger partial charge < -0.3 is 10.2 Å². The molecule has 0 heterocycles. The molecule has 0 radical (unpaired) electrons. The van der Waals surface area contributed by atoms with Gasteiger partial charge in [0.2, 0.25) is 0 Å². The number of unbranched alkanes of at least 4 members (excludes halogenated alkanes) is 5. The van der Waals surface area contributed by atoms with Crippen LogP contribution < -0.4 is 0 Å². The summed E-state index contributed by atoms with van der Waals surface area (Å²) in [6.07, 6.45) is 7.40. The standard InChI is InChI=1S/C10H20O2.H2O/c1-3-4-5-6-7-8-9-12-10(2)11;/h3-9H2,1-2H3;1H2. The molecule has 0 atom stereocenters. The number of esters is 1. The summed E-state index contributed by atoms with van der Waals surface area (Å²) in [5.41, 5.74) is 0. The quantitative estimate of drug-likeness (QED) is 0.456. The van der Waals surface area contributed by atoms with E-state index in [0.29, 0.717) is 6.61 Å². The van der Waals surface area contributed by atoms with Crippen molar-refractivity contribution in [2.24, 2.45) is 0 Å². The fraction of sp³-hybridized carbons (Fsp3) is 0.900. The first kappa shape index (κ1) is 14.9. The van der Waals surface area contributed by atoms with Crippen LogP contribution in [0.2, 0.25) is 0 Å². The van der Waals surface area contributed by atoms with Crippen LogP contribution in [0.4, 0.5) is 0 Å². The van der Waals surface area contributed by atoms with Gasteiger partial charge in [0.05, 0.1) is 6.61 Å². The third-order valence-corrected chi connectivity index (χ3v) is 1.80. The summed E-state index contributed by atoms with van der Waals surface area (Å²) in [6.45, 7) is 4.26. The normalized spacial score (nSPS) is 9.08. The Morgan fingerprint density at radius 2 is 1.62 bits per heavy atom. The molecule has 0 unspecified atom stereocenters. The van der Waals surface area contributed by atoms with E-state index in [4.69, 9.17) is 4.74 Å². The van der Waals surface area contributed by atoms with Gasteiger partial charge in [-0.25, -0.2) is 0 Å². The van der Waals surface area contributed by atoms with Gasteiger partial charge in [0.15, 0.2) is 0 Å². The van der Waals surface area contributed by atoms with E-state index in [1.807, 2.05) is 0 Å². The zero-order chi connectivity index (χ0) is 9.23. The van der Waals surface area contributed by atoms with Crippen molar-refractivity contribution >= 4 is 5.97 Å². The van der Waals surface area contributed by atoms with Gasteiger partial charge in [0.25, 0.3) is 0 Å². The molecular weight excluding hydrogens is 168 g/mol. The zero-order valence-corrected chi connectivity index (χ0v) is 8.77. The Labute approximate surface area is 80.8 Å². The van der Waals surface area contributed by atoms with Crippen LogP contribution >= 0.6 is 0 Å². The second kappa shape index (κ2) is 11.4. The van der Waals surface area contributed by atoms with E-state index in [-0.39, 0.29) is 11.4 Å². The highest BCUT2D eigenvalue weighted by Gasteiger charge is 1.92. The van der Waals surface area contributed by atoms with E-state index < -0.39 is 0 Å². The van der Waals surface area contributed by atoms with Crippen molar-refractivity contribution in [1.82, 2.24) is 0 Å². The van der Waals surface area contributed by atoms with Crippen LogP contribution in [0, 0.1) is 0 Å². The fourth-order valence-corrected chi connectivity index (χ4v) is 1.10. The van der Waals surface area contributed by atoms with Crippen molar-refractivity contribution < 1.29 is 15.0 Å². The Morgan fingerprint density at radius 1 is 1.08 bits per heavy atom. The van der Waals surface area contributed by atoms with Gasteiger partial charge in [0.1, 0.15) is 0 Å². The summed E-state index contributed by atoms with van der Waals surface area (Å²) in [5, 5.41) is 0. The van der Waals surface area contributed by atoms with Gasteiger partial charge in [-0.3, -0.25) is 4.79 Å². The third kappa shape index (κ3) is 14.3. The fourth-order valence-electron chi connectivity index (χ4n) is 1.10. The highest BCUT2D eigenvalue weighted by Crippen LogP contribution is 2.04. The van der Waals surface area contributed by atoms with Crippen molar-refractivity contribution in [3.8, 4) is 0 Å². The van der Waals surface area contributed by atoms with Gasteiger partial charge in [-0.2, -0.15) is 0 Å². The molecule has 0 aliphatic carbocycles. The number of hydrogen-bond donors (Lipinski definition) is 0. The van der Waals surface area contributed by atoms with Crippen LogP contribution in [0.25, 0.3) is 0 Å². The predicted octanol–water partition coefficient (Wildman–Crippen LogP) is 2.09. The maximum atomic E-state index is 10.4. The number of ether oxygens (including phenoxy) is 1. The first-order chi connectivity index (χ1) is 5.77. The van der Waals surface area contributed by atoms with E-state index in [1.165, 1.54) is 39.0 Å². The summed E-state index contributed by atoms with van der Waals surface area (Å²) >= 11 is 0. The average molecular weight is 190 g/mol. The first-order valence-corrected chi connectivity index (χ1v) is 4.90. The molecule has 2 N–H and O–H groups in total.